The van der Waals surface area contributed by atoms with Crippen molar-refractivity contribution in [3.63, 3.8) is 0 Å². The van der Waals surface area contributed by atoms with Crippen molar-refractivity contribution in [2.45, 2.75) is 31.9 Å². The zero-order valence-corrected chi connectivity index (χ0v) is 8.73. The van der Waals surface area contributed by atoms with Gasteiger partial charge in [-0.25, -0.2) is 0 Å². The van der Waals surface area contributed by atoms with Gasteiger partial charge in [-0.3, -0.25) is 4.68 Å². The molecule has 1 fully saturated rings. The van der Waals surface area contributed by atoms with Crippen LogP contribution in [0.5, 0.6) is 5.75 Å². The topological polar surface area (TPSA) is 39.1 Å². The van der Waals surface area contributed by atoms with Gasteiger partial charge in [0.15, 0.2) is 5.75 Å². The van der Waals surface area contributed by atoms with Crippen molar-refractivity contribution < 1.29 is 4.74 Å². The Morgan fingerprint density at radius 1 is 1.71 bits per heavy atom. The molecule has 4 heteroatoms. The lowest BCUT2D eigenvalue weighted by Gasteiger charge is -2.13. The maximum absolute atomic E-state index is 5.67. The van der Waals surface area contributed by atoms with Crippen LogP contribution < -0.4 is 10.1 Å². The Bertz CT molecular complexity index is 293. The Kier molecular flexibility index (Phi) is 2.72. The first-order valence-corrected chi connectivity index (χ1v) is 5.13. The predicted molar refractivity (Wildman–Crippen MR) is 54.3 cm³/mol. The van der Waals surface area contributed by atoms with E-state index in [0.29, 0.717) is 0 Å². The van der Waals surface area contributed by atoms with Gasteiger partial charge in [-0.2, -0.15) is 5.10 Å². The molecule has 1 atom stereocenters. The van der Waals surface area contributed by atoms with E-state index >= 15 is 0 Å². The Hall–Kier alpha value is -1.03. The van der Waals surface area contributed by atoms with Crippen LogP contribution in [0.1, 0.15) is 19.8 Å². The van der Waals surface area contributed by atoms with Crippen molar-refractivity contribution in [2.75, 3.05) is 6.54 Å². The minimum atomic E-state index is 0.208. The first-order chi connectivity index (χ1) is 6.74. The van der Waals surface area contributed by atoms with Crippen LogP contribution >= 0.6 is 0 Å². The molecule has 0 spiro atoms. The van der Waals surface area contributed by atoms with Crippen LogP contribution in [0, 0.1) is 0 Å². The summed E-state index contributed by atoms with van der Waals surface area (Å²) >= 11 is 0. The number of hydrogen-bond donors (Lipinski definition) is 1. The summed E-state index contributed by atoms with van der Waals surface area (Å²) < 4.78 is 7.41. The molecule has 78 valence electrons. The Morgan fingerprint density at radius 3 is 3.07 bits per heavy atom. The van der Waals surface area contributed by atoms with E-state index < -0.39 is 0 Å². The highest BCUT2D eigenvalue weighted by molar-refractivity contribution is 5.11. The summed E-state index contributed by atoms with van der Waals surface area (Å²) in [6, 6.07) is 0.745. The van der Waals surface area contributed by atoms with Crippen LogP contribution in [0.25, 0.3) is 0 Å². The lowest BCUT2D eigenvalue weighted by Crippen LogP contribution is -2.30. The number of aromatic nitrogens is 2. The van der Waals surface area contributed by atoms with Crippen molar-refractivity contribution in [1.82, 2.24) is 15.1 Å². The quantitative estimate of drug-likeness (QED) is 0.760. The molecule has 1 aliphatic carbocycles. The highest BCUT2D eigenvalue weighted by Gasteiger charge is 2.21. The molecular formula is C10H17N3O. The van der Waals surface area contributed by atoms with Crippen LogP contribution in [-0.2, 0) is 7.05 Å². The molecule has 1 aromatic heterocycles. The third kappa shape index (κ3) is 2.73. The molecule has 0 bridgehead atoms. The molecule has 0 aliphatic heterocycles. The summed E-state index contributed by atoms with van der Waals surface area (Å²) in [5.41, 5.74) is 0. The van der Waals surface area contributed by atoms with Gasteiger partial charge in [-0.1, -0.05) is 0 Å². The number of rotatable bonds is 5. The summed E-state index contributed by atoms with van der Waals surface area (Å²) in [7, 11) is 1.89. The van der Waals surface area contributed by atoms with Crippen LogP contribution in [0.3, 0.4) is 0 Å². The summed E-state index contributed by atoms with van der Waals surface area (Å²) in [6.45, 7) is 2.99. The van der Waals surface area contributed by atoms with Gasteiger partial charge in [0.2, 0.25) is 0 Å². The molecule has 14 heavy (non-hydrogen) atoms. The van der Waals surface area contributed by atoms with Crippen molar-refractivity contribution in [1.29, 1.82) is 0 Å². The molecule has 0 radical (unpaired) electrons. The van der Waals surface area contributed by atoms with E-state index in [9.17, 15) is 0 Å². The van der Waals surface area contributed by atoms with E-state index in [2.05, 4.69) is 17.3 Å². The molecule has 4 nitrogen and oxygen atoms in total. The molecular weight excluding hydrogens is 178 g/mol. The highest BCUT2D eigenvalue weighted by Crippen LogP contribution is 2.18. The minimum Gasteiger partial charge on any atom is -0.486 e. The lowest BCUT2D eigenvalue weighted by molar-refractivity contribution is 0.216. The molecule has 1 unspecified atom stereocenters. The zero-order valence-electron chi connectivity index (χ0n) is 8.73. The maximum Gasteiger partial charge on any atom is 0.157 e. The predicted octanol–water partition coefficient (Wildman–Crippen LogP) is 0.939. The first-order valence-electron chi connectivity index (χ1n) is 5.13. The van der Waals surface area contributed by atoms with Gasteiger partial charge in [-0.15, -0.1) is 0 Å². The van der Waals surface area contributed by atoms with E-state index in [0.717, 1.165) is 18.3 Å². The second kappa shape index (κ2) is 4.00. The van der Waals surface area contributed by atoms with Gasteiger partial charge in [0.05, 0.1) is 12.4 Å². The molecule has 0 amide bonds. The molecule has 0 saturated heterocycles. The Labute approximate surface area is 84.3 Å². The van der Waals surface area contributed by atoms with Crippen molar-refractivity contribution in [3.05, 3.63) is 12.4 Å². The van der Waals surface area contributed by atoms with Crippen molar-refractivity contribution in [2.24, 2.45) is 7.05 Å². The van der Waals surface area contributed by atoms with E-state index in [-0.39, 0.29) is 6.10 Å². The second-order valence-electron chi connectivity index (χ2n) is 3.96. The summed E-state index contributed by atoms with van der Waals surface area (Å²) in [5, 5.41) is 7.48. The zero-order chi connectivity index (χ0) is 9.97. The standard InChI is InChI=1S/C10H17N3O/c1-8(5-11-9-3-4-9)14-10-6-12-13(2)7-10/h6-9,11H,3-5H2,1-2H3. The largest absolute Gasteiger partial charge is 0.486 e. The van der Waals surface area contributed by atoms with Crippen LogP contribution in [0.15, 0.2) is 12.4 Å². The number of ether oxygens (including phenoxy) is 1. The van der Waals surface area contributed by atoms with Gasteiger partial charge >= 0.3 is 0 Å². The molecule has 1 aliphatic rings. The monoisotopic (exact) mass is 195 g/mol. The first kappa shape index (κ1) is 9.52. The minimum absolute atomic E-state index is 0.208. The third-order valence-electron chi connectivity index (χ3n) is 2.29. The van der Waals surface area contributed by atoms with Crippen molar-refractivity contribution in [3.8, 4) is 5.75 Å². The van der Waals surface area contributed by atoms with Crippen LogP contribution in [-0.4, -0.2) is 28.5 Å². The van der Waals surface area contributed by atoms with Gasteiger partial charge < -0.3 is 10.1 Å². The second-order valence-corrected chi connectivity index (χ2v) is 3.96. The lowest BCUT2D eigenvalue weighted by atomic mass is 10.4. The van der Waals surface area contributed by atoms with Gasteiger partial charge in [0, 0.05) is 19.6 Å². The molecule has 0 aromatic carbocycles. The number of aryl methyl sites for hydroxylation is 1. The highest BCUT2D eigenvalue weighted by atomic mass is 16.5. The fourth-order valence-electron chi connectivity index (χ4n) is 1.35. The summed E-state index contributed by atoms with van der Waals surface area (Å²) in [6.07, 6.45) is 6.47. The molecule has 1 aromatic rings. The summed E-state index contributed by atoms with van der Waals surface area (Å²) in [4.78, 5) is 0. The molecule has 2 rings (SSSR count). The number of nitrogens with zero attached hydrogens (tertiary/aromatic N) is 2. The normalized spacial score (nSPS) is 18.1. The average molecular weight is 195 g/mol. The Morgan fingerprint density at radius 2 is 2.50 bits per heavy atom. The van der Waals surface area contributed by atoms with Gasteiger partial charge in [0.1, 0.15) is 6.10 Å². The number of nitrogens with one attached hydrogen (secondary N) is 1. The van der Waals surface area contributed by atoms with E-state index in [1.807, 2.05) is 13.2 Å². The van der Waals surface area contributed by atoms with E-state index in [4.69, 9.17) is 4.74 Å². The Balaban J connectivity index is 1.72. The van der Waals surface area contributed by atoms with E-state index in [1.165, 1.54) is 12.8 Å². The van der Waals surface area contributed by atoms with Crippen LogP contribution in [0.2, 0.25) is 0 Å². The van der Waals surface area contributed by atoms with Crippen LogP contribution in [0.4, 0.5) is 0 Å². The molecule has 1 saturated carbocycles. The third-order valence-corrected chi connectivity index (χ3v) is 2.29. The smallest absolute Gasteiger partial charge is 0.157 e. The fraction of sp³-hybridized carbons (Fsp3) is 0.700. The SMILES string of the molecule is CC(CNC1CC1)Oc1cnn(C)c1. The number of hydrogen-bond acceptors (Lipinski definition) is 3. The van der Waals surface area contributed by atoms with Crippen molar-refractivity contribution >= 4 is 0 Å². The fourth-order valence-corrected chi connectivity index (χ4v) is 1.35. The van der Waals surface area contributed by atoms with E-state index in [1.54, 1.807) is 10.9 Å². The molecule has 1 heterocycles. The van der Waals surface area contributed by atoms with Gasteiger partial charge in [0.25, 0.3) is 0 Å². The average Bonchev–Trinajstić information content (AvgIpc) is 2.88. The summed E-state index contributed by atoms with van der Waals surface area (Å²) in [5.74, 6) is 0.845. The maximum atomic E-state index is 5.67. The van der Waals surface area contributed by atoms with Gasteiger partial charge in [-0.05, 0) is 19.8 Å². The molecule has 1 N–H and O–H groups in total.